The fraction of sp³-hybridized carbons (Fsp3) is 0.118. The summed E-state index contributed by atoms with van der Waals surface area (Å²) < 4.78 is 41.1. The molecular weight excluding hydrogens is 389 g/mol. The molecule has 0 saturated carbocycles. The highest BCUT2D eigenvalue weighted by Gasteiger charge is 2.38. The van der Waals surface area contributed by atoms with E-state index >= 15 is 0 Å². The normalized spacial score (nSPS) is 16.1. The molecule has 0 aliphatic carbocycles. The zero-order valence-electron chi connectivity index (χ0n) is 14.5. The van der Waals surface area contributed by atoms with Gasteiger partial charge in [0.15, 0.2) is 5.82 Å². The lowest BCUT2D eigenvalue weighted by Crippen LogP contribution is -2.30. The first-order chi connectivity index (χ1) is 13.2. The number of phenols is 1. The van der Waals surface area contributed by atoms with Gasteiger partial charge in [-0.3, -0.25) is 4.79 Å². The van der Waals surface area contributed by atoms with Crippen molar-refractivity contribution in [1.29, 1.82) is 0 Å². The third-order valence-electron chi connectivity index (χ3n) is 3.99. The van der Waals surface area contributed by atoms with Gasteiger partial charge in [-0.2, -0.15) is 8.42 Å². The average molecular weight is 407 g/mol. The third-order valence-corrected chi connectivity index (χ3v) is 5.37. The summed E-state index contributed by atoms with van der Waals surface area (Å²) in [5, 5.41) is 11.2. The number of benzene rings is 2. The number of hydrogen-bond acceptors (Lipinski definition) is 7. The summed E-state index contributed by atoms with van der Waals surface area (Å²) in [7, 11) is -4.30. The Hall–Kier alpha value is -3.31. The van der Waals surface area contributed by atoms with Gasteiger partial charge in [0, 0.05) is 11.8 Å². The highest BCUT2D eigenvalue weighted by molar-refractivity contribution is 7.92. The van der Waals surface area contributed by atoms with Crippen LogP contribution in [0.2, 0.25) is 0 Å². The van der Waals surface area contributed by atoms with E-state index in [1.54, 1.807) is 4.72 Å². The Morgan fingerprint density at radius 3 is 2.57 bits per heavy atom. The molecule has 1 saturated heterocycles. The first-order valence-electron chi connectivity index (χ1n) is 8.07. The van der Waals surface area contributed by atoms with Crippen LogP contribution < -0.4 is 20.6 Å². The summed E-state index contributed by atoms with van der Waals surface area (Å²) in [5.74, 6) is 3.30. The number of phenolic OH excluding ortho intramolecular Hbond substituents is 1. The molecule has 0 radical (unpaired) electrons. The van der Waals surface area contributed by atoms with Crippen molar-refractivity contribution in [2.75, 3.05) is 10.8 Å². The second-order valence-electron chi connectivity index (χ2n) is 6.07. The molecule has 1 aliphatic rings. The smallest absolute Gasteiger partial charge is 0.326 e. The molecule has 0 atom stereocenters. The Balaban J connectivity index is 1.93. The van der Waals surface area contributed by atoms with Crippen molar-refractivity contribution in [1.82, 2.24) is 9.73 Å². The van der Waals surface area contributed by atoms with Gasteiger partial charge in [0.05, 0.1) is 12.2 Å². The van der Waals surface area contributed by atoms with Crippen molar-refractivity contribution in [3.8, 4) is 5.75 Å². The standard InChI is InChI=1S/C17H18FN5O4S/c18-16-12(13(19)9-22(20)8-11-4-2-1-3-5-11)6-7-14(24)17(16)23-10-15(25)21-28(23,26)27/h1-7,9,24H,8,10,19-20H2,(H,21,25)/b13-9-. The zero-order chi connectivity index (χ0) is 20.5. The fourth-order valence-electron chi connectivity index (χ4n) is 2.75. The topological polar surface area (TPSA) is 142 Å². The largest absolute Gasteiger partial charge is 0.506 e. The highest BCUT2D eigenvalue weighted by Crippen LogP contribution is 2.36. The molecule has 28 heavy (non-hydrogen) atoms. The van der Waals surface area contributed by atoms with Gasteiger partial charge in [0.2, 0.25) is 0 Å². The number of hydrazine groups is 1. The van der Waals surface area contributed by atoms with Gasteiger partial charge in [-0.05, 0) is 17.7 Å². The molecule has 9 nitrogen and oxygen atoms in total. The number of carbonyl (C=O) groups excluding carboxylic acids is 1. The molecular formula is C17H18FN5O4S. The van der Waals surface area contributed by atoms with E-state index in [4.69, 9.17) is 11.6 Å². The van der Waals surface area contributed by atoms with Gasteiger partial charge in [0.25, 0.3) is 5.91 Å². The van der Waals surface area contributed by atoms with Crippen molar-refractivity contribution in [2.45, 2.75) is 6.54 Å². The second-order valence-corrected chi connectivity index (χ2v) is 7.67. The number of halogens is 1. The summed E-state index contributed by atoms with van der Waals surface area (Å²) in [6, 6.07) is 11.5. The lowest BCUT2D eigenvalue weighted by Gasteiger charge is -2.19. The molecule has 2 aromatic carbocycles. The Bertz CT molecular complexity index is 1040. The van der Waals surface area contributed by atoms with Crippen molar-refractivity contribution >= 4 is 27.5 Å². The maximum absolute atomic E-state index is 15.0. The van der Waals surface area contributed by atoms with E-state index in [0.29, 0.717) is 10.8 Å². The molecule has 0 bridgehead atoms. The molecule has 148 valence electrons. The van der Waals surface area contributed by atoms with Crippen molar-refractivity contribution in [3.63, 3.8) is 0 Å². The number of rotatable bonds is 5. The summed E-state index contributed by atoms with van der Waals surface area (Å²) in [6.45, 7) is -0.357. The van der Waals surface area contributed by atoms with Gasteiger partial charge in [-0.25, -0.2) is 19.3 Å². The minimum absolute atomic E-state index is 0.0898. The predicted octanol–water partition coefficient (Wildman–Crippen LogP) is 0.345. The van der Waals surface area contributed by atoms with Crippen LogP contribution in [0.4, 0.5) is 10.1 Å². The Morgan fingerprint density at radius 1 is 1.29 bits per heavy atom. The van der Waals surface area contributed by atoms with Crippen LogP contribution in [0.5, 0.6) is 5.75 Å². The van der Waals surface area contributed by atoms with Crippen LogP contribution in [0.3, 0.4) is 0 Å². The molecule has 3 rings (SSSR count). The van der Waals surface area contributed by atoms with Gasteiger partial charge >= 0.3 is 10.2 Å². The monoisotopic (exact) mass is 407 g/mol. The van der Waals surface area contributed by atoms with E-state index in [0.717, 1.165) is 11.6 Å². The van der Waals surface area contributed by atoms with Crippen LogP contribution in [0.25, 0.3) is 5.70 Å². The lowest BCUT2D eigenvalue weighted by atomic mass is 10.1. The van der Waals surface area contributed by atoms with Crippen LogP contribution >= 0.6 is 0 Å². The first kappa shape index (κ1) is 19.5. The summed E-state index contributed by atoms with van der Waals surface area (Å²) >= 11 is 0. The van der Waals surface area contributed by atoms with Crippen LogP contribution in [-0.2, 0) is 21.5 Å². The summed E-state index contributed by atoms with van der Waals surface area (Å²) in [4.78, 5) is 11.4. The summed E-state index contributed by atoms with van der Waals surface area (Å²) in [5.41, 5.74) is 5.89. The van der Waals surface area contributed by atoms with E-state index in [-0.39, 0.29) is 11.3 Å². The molecule has 1 aliphatic heterocycles. The molecule has 0 unspecified atom stereocenters. The minimum atomic E-state index is -4.30. The maximum atomic E-state index is 15.0. The van der Waals surface area contributed by atoms with Crippen molar-refractivity contribution in [2.24, 2.45) is 11.6 Å². The van der Waals surface area contributed by atoms with Crippen LogP contribution in [0.15, 0.2) is 48.7 Å². The molecule has 11 heteroatoms. The van der Waals surface area contributed by atoms with Gasteiger partial charge < -0.3 is 15.8 Å². The maximum Gasteiger partial charge on any atom is 0.326 e. The highest BCUT2D eigenvalue weighted by atomic mass is 32.2. The molecule has 1 heterocycles. The Morgan fingerprint density at radius 2 is 1.96 bits per heavy atom. The molecule has 1 fully saturated rings. The molecule has 0 spiro atoms. The van der Waals surface area contributed by atoms with Crippen LogP contribution in [0.1, 0.15) is 11.1 Å². The van der Waals surface area contributed by atoms with E-state index in [2.05, 4.69) is 0 Å². The SMILES string of the molecule is N/C(=C\N(N)Cc1ccccc1)c1ccc(O)c(N2CC(=O)NS2(=O)=O)c1F. The number of nitrogens with one attached hydrogen (secondary N) is 1. The Kier molecular flexibility index (Phi) is 5.12. The number of nitrogens with zero attached hydrogens (tertiary/aromatic N) is 2. The van der Waals surface area contributed by atoms with E-state index < -0.39 is 39.9 Å². The van der Waals surface area contributed by atoms with Crippen molar-refractivity contribution < 1.29 is 22.7 Å². The first-order valence-corrected chi connectivity index (χ1v) is 9.51. The lowest BCUT2D eigenvalue weighted by molar-refractivity contribution is -0.117. The number of hydrogen-bond donors (Lipinski definition) is 4. The van der Waals surface area contributed by atoms with Crippen molar-refractivity contribution in [3.05, 3.63) is 65.6 Å². The van der Waals surface area contributed by atoms with Crippen LogP contribution in [-0.4, -0.2) is 31.0 Å². The number of amides is 1. The Labute approximate surface area is 160 Å². The van der Waals surface area contributed by atoms with Crippen LogP contribution in [0, 0.1) is 5.82 Å². The molecule has 6 N–H and O–H groups in total. The molecule has 1 amide bonds. The number of anilines is 1. The third kappa shape index (κ3) is 3.85. The average Bonchev–Trinajstić information content (AvgIpc) is 2.87. The zero-order valence-corrected chi connectivity index (χ0v) is 15.4. The number of carbonyl (C=O) groups is 1. The van der Waals surface area contributed by atoms with Gasteiger partial charge in [-0.15, -0.1) is 0 Å². The van der Waals surface area contributed by atoms with E-state index in [1.807, 2.05) is 30.3 Å². The second kappa shape index (κ2) is 7.37. The minimum Gasteiger partial charge on any atom is -0.506 e. The fourth-order valence-corrected chi connectivity index (χ4v) is 3.91. The number of nitrogens with two attached hydrogens (primary N) is 2. The molecule has 0 aromatic heterocycles. The number of aromatic hydroxyl groups is 1. The quantitative estimate of drug-likeness (QED) is 0.414. The van der Waals surface area contributed by atoms with E-state index in [9.17, 15) is 22.7 Å². The van der Waals surface area contributed by atoms with Gasteiger partial charge in [0.1, 0.15) is 18.0 Å². The molecule has 2 aromatic rings. The van der Waals surface area contributed by atoms with Gasteiger partial charge in [-0.1, -0.05) is 30.3 Å². The predicted molar refractivity (Wildman–Crippen MR) is 101 cm³/mol. The van der Waals surface area contributed by atoms with E-state index in [1.165, 1.54) is 17.3 Å². The summed E-state index contributed by atoms with van der Waals surface area (Å²) in [6.07, 6.45) is 1.29.